The number of benzene rings is 2. The third-order valence-electron chi connectivity index (χ3n) is 3.67. The van der Waals surface area contributed by atoms with E-state index < -0.39 is 0 Å². The first kappa shape index (κ1) is 13.5. The molecule has 0 amide bonds. The van der Waals surface area contributed by atoms with Gasteiger partial charge in [-0.1, -0.05) is 24.3 Å². The van der Waals surface area contributed by atoms with E-state index in [1.165, 1.54) is 5.56 Å². The summed E-state index contributed by atoms with van der Waals surface area (Å²) in [6.45, 7) is 2.06. The summed E-state index contributed by atoms with van der Waals surface area (Å²) < 4.78 is 0. The Kier molecular flexibility index (Phi) is 3.24. The largest absolute Gasteiger partial charge is 0.324 e. The molecule has 0 aliphatic rings. The molecule has 112 valence electrons. The number of aromatic amines is 1. The Balaban J connectivity index is 1.67. The molecule has 4 aromatic rings. The van der Waals surface area contributed by atoms with Gasteiger partial charge in [0.05, 0.1) is 17.4 Å². The molecule has 2 aromatic heterocycles. The Hall–Kier alpha value is -3.21. The highest BCUT2D eigenvalue weighted by Gasteiger charge is 2.05. The second-order valence-corrected chi connectivity index (χ2v) is 5.43. The minimum absolute atomic E-state index is 0.581. The van der Waals surface area contributed by atoms with Crippen molar-refractivity contribution >= 4 is 22.5 Å². The number of nitrogens with zero attached hydrogens (tertiary/aromatic N) is 3. The molecule has 2 N–H and O–H groups in total. The van der Waals surface area contributed by atoms with Crippen LogP contribution >= 0.6 is 0 Å². The van der Waals surface area contributed by atoms with Crippen LogP contribution in [0.15, 0.2) is 60.9 Å². The van der Waals surface area contributed by atoms with Gasteiger partial charge in [-0.2, -0.15) is 5.10 Å². The first-order valence-corrected chi connectivity index (χ1v) is 7.38. The van der Waals surface area contributed by atoms with E-state index in [4.69, 9.17) is 0 Å². The van der Waals surface area contributed by atoms with E-state index in [1.807, 2.05) is 42.6 Å². The summed E-state index contributed by atoms with van der Waals surface area (Å²) >= 11 is 0. The van der Waals surface area contributed by atoms with Gasteiger partial charge in [-0.05, 0) is 36.8 Å². The number of hydrogen-bond acceptors (Lipinski definition) is 4. The van der Waals surface area contributed by atoms with Crippen molar-refractivity contribution in [3.8, 4) is 11.3 Å². The maximum atomic E-state index is 4.60. The fourth-order valence-corrected chi connectivity index (χ4v) is 2.53. The molecule has 5 heteroatoms. The Labute approximate surface area is 133 Å². The molecular weight excluding hydrogens is 286 g/mol. The summed E-state index contributed by atoms with van der Waals surface area (Å²) in [7, 11) is 0. The highest BCUT2D eigenvalue weighted by atomic mass is 15.1. The summed E-state index contributed by atoms with van der Waals surface area (Å²) in [4.78, 5) is 8.90. The smallest absolute Gasteiger partial charge is 0.227 e. The zero-order valence-corrected chi connectivity index (χ0v) is 12.6. The van der Waals surface area contributed by atoms with Crippen molar-refractivity contribution in [2.45, 2.75) is 6.92 Å². The molecule has 0 fully saturated rings. The Bertz CT molecular complexity index is 974. The molecule has 0 aliphatic carbocycles. The van der Waals surface area contributed by atoms with Gasteiger partial charge in [-0.3, -0.25) is 5.10 Å². The Morgan fingerprint density at radius 2 is 2.00 bits per heavy atom. The number of rotatable bonds is 3. The van der Waals surface area contributed by atoms with Crippen LogP contribution in [0.1, 0.15) is 5.56 Å². The number of H-pyrrole nitrogens is 1. The molecule has 0 bridgehead atoms. The Morgan fingerprint density at radius 3 is 2.91 bits per heavy atom. The number of anilines is 2. The van der Waals surface area contributed by atoms with Gasteiger partial charge in [0.15, 0.2) is 0 Å². The summed E-state index contributed by atoms with van der Waals surface area (Å²) in [6, 6.07) is 16.1. The number of aryl methyl sites for hydroxylation is 1. The van der Waals surface area contributed by atoms with Crippen molar-refractivity contribution in [2.24, 2.45) is 0 Å². The SMILES string of the molecule is Cc1cccc(Nc2nccc(-c3ccc4cn[nH]c4c3)n2)c1. The normalized spacial score (nSPS) is 10.8. The molecule has 4 rings (SSSR count). The van der Waals surface area contributed by atoms with Crippen molar-refractivity contribution in [1.29, 1.82) is 0 Å². The van der Waals surface area contributed by atoms with Gasteiger partial charge in [-0.15, -0.1) is 0 Å². The van der Waals surface area contributed by atoms with Gasteiger partial charge in [0.1, 0.15) is 0 Å². The van der Waals surface area contributed by atoms with Gasteiger partial charge in [0.25, 0.3) is 0 Å². The highest BCUT2D eigenvalue weighted by molar-refractivity contribution is 5.83. The van der Waals surface area contributed by atoms with Crippen molar-refractivity contribution in [1.82, 2.24) is 20.2 Å². The van der Waals surface area contributed by atoms with Gasteiger partial charge < -0.3 is 5.32 Å². The van der Waals surface area contributed by atoms with E-state index >= 15 is 0 Å². The average molecular weight is 301 g/mol. The fourth-order valence-electron chi connectivity index (χ4n) is 2.53. The molecule has 5 nitrogen and oxygen atoms in total. The molecule has 23 heavy (non-hydrogen) atoms. The standard InChI is InChI=1S/C18H15N5/c1-12-3-2-4-15(9-12)21-18-19-8-7-16(22-18)13-5-6-14-11-20-23-17(14)10-13/h2-11H,1H3,(H,20,23)(H,19,21,22). The molecule has 0 saturated carbocycles. The van der Waals surface area contributed by atoms with Crippen molar-refractivity contribution in [3.05, 3.63) is 66.5 Å². The molecule has 0 radical (unpaired) electrons. The lowest BCUT2D eigenvalue weighted by molar-refractivity contribution is 1.12. The minimum atomic E-state index is 0.581. The van der Waals surface area contributed by atoms with Crippen LogP contribution < -0.4 is 5.32 Å². The van der Waals surface area contributed by atoms with Crippen LogP contribution in [0.5, 0.6) is 0 Å². The highest BCUT2D eigenvalue weighted by Crippen LogP contribution is 2.23. The predicted octanol–water partition coefficient (Wildman–Crippen LogP) is 4.07. The van der Waals surface area contributed by atoms with E-state index in [0.717, 1.165) is 27.8 Å². The number of aromatic nitrogens is 4. The molecule has 0 saturated heterocycles. The summed E-state index contributed by atoms with van der Waals surface area (Å²) in [5.74, 6) is 0.581. The second-order valence-electron chi connectivity index (χ2n) is 5.43. The topological polar surface area (TPSA) is 66.5 Å². The maximum absolute atomic E-state index is 4.60. The van der Waals surface area contributed by atoms with Crippen LogP contribution in [0.2, 0.25) is 0 Å². The van der Waals surface area contributed by atoms with Crippen LogP contribution in [0.25, 0.3) is 22.2 Å². The van der Waals surface area contributed by atoms with Crippen molar-refractivity contribution < 1.29 is 0 Å². The van der Waals surface area contributed by atoms with E-state index in [-0.39, 0.29) is 0 Å². The van der Waals surface area contributed by atoms with Crippen LogP contribution in [0.4, 0.5) is 11.6 Å². The lowest BCUT2D eigenvalue weighted by atomic mass is 10.1. The first-order valence-electron chi connectivity index (χ1n) is 7.38. The average Bonchev–Trinajstić information content (AvgIpc) is 3.03. The molecule has 0 atom stereocenters. The molecule has 0 spiro atoms. The maximum Gasteiger partial charge on any atom is 0.227 e. The molecular formula is C18H15N5. The summed E-state index contributed by atoms with van der Waals surface area (Å²) in [5, 5.41) is 11.4. The van der Waals surface area contributed by atoms with Gasteiger partial charge >= 0.3 is 0 Å². The molecule has 2 heterocycles. The van der Waals surface area contributed by atoms with Crippen LogP contribution in [-0.2, 0) is 0 Å². The van der Waals surface area contributed by atoms with Crippen LogP contribution in [-0.4, -0.2) is 20.2 Å². The van der Waals surface area contributed by atoms with Crippen LogP contribution in [0, 0.1) is 6.92 Å². The lowest BCUT2D eigenvalue weighted by Gasteiger charge is -2.07. The number of fused-ring (bicyclic) bond motifs is 1. The van der Waals surface area contributed by atoms with E-state index in [1.54, 1.807) is 6.20 Å². The van der Waals surface area contributed by atoms with E-state index in [0.29, 0.717) is 5.95 Å². The first-order chi connectivity index (χ1) is 11.3. The van der Waals surface area contributed by atoms with Crippen LogP contribution in [0.3, 0.4) is 0 Å². The van der Waals surface area contributed by atoms with Gasteiger partial charge in [-0.25, -0.2) is 9.97 Å². The summed E-state index contributed by atoms with van der Waals surface area (Å²) in [6.07, 6.45) is 3.57. The number of nitrogens with one attached hydrogen (secondary N) is 2. The van der Waals surface area contributed by atoms with Gasteiger partial charge in [0.2, 0.25) is 5.95 Å². The third-order valence-corrected chi connectivity index (χ3v) is 3.67. The molecule has 2 aromatic carbocycles. The van der Waals surface area contributed by atoms with E-state index in [2.05, 4.69) is 44.5 Å². The fraction of sp³-hybridized carbons (Fsp3) is 0.0556. The van der Waals surface area contributed by atoms with E-state index in [9.17, 15) is 0 Å². The second kappa shape index (κ2) is 5.53. The third kappa shape index (κ3) is 2.76. The molecule has 0 aliphatic heterocycles. The molecule has 0 unspecified atom stereocenters. The predicted molar refractivity (Wildman–Crippen MR) is 91.6 cm³/mol. The lowest BCUT2D eigenvalue weighted by Crippen LogP contribution is -1.98. The Morgan fingerprint density at radius 1 is 1.04 bits per heavy atom. The van der Waals surface area contributed by atoms with Crippen molar-refractivity contribution in [2.75, 3.05) is 5.32 Å². The number of hydrogen-bond donors (Lipinski definition) is 2. The van der Waals surface area contributed by atoms with Crippen molar-refractivity contribution in [3.63, 3.8) is 0 Å². The quantitative estimate of drug-likeness (QED) is 0.598. The zero-order chi connectivity index (χ0) is 15.6. The monoisotopic (exact) mass is 301 g/mol. The van der Waals surface area contributed by atoms with Gasteiger partial charge in [0, 0.05) is 22.8 Å². The minimum Gasteiger partial charge on any atom is -0.324 e. The summed E-state index contributed by atoms with van der Waals surface area (Å²) in [5.41, 5.74) is 5.06. The zero-order valence-electron chi connectivity index (χ0n) is 12.6.